The van der Waals surface area contributed by atoms with Crippen molar-refractivity contribution in [3.8, 4) is 11.8 Å². The molecule has 1 aromatic rings. The summed E-state index contributed by atoms with van der Waals surface area (Å²) in [5, 5.41) is 1.56. The molecule has 0 nitrogen and oxygen atoms in total. The molecule has 0 aliphatic heterocycles. The van der Waals surface area contributed by atoms with Crippen molar-refractivity contribution < 1.29 is 0 Å². The summed E-state index contributed by atoms with van der Waals surface area (Å²) in [5.41, 5.74) is 0. The molecule has 1 rings (SSSR count). The lowest BCUT2D eigenvalue weighted by Crippen LogP contribution is -2.40. The average molecular weight is 273 g/mol. The van der Waals surface area contributed by atoms with Crippen LogP contribution in [0.25, 0.3) is 0 Å². The molecule has 0 radical (unpaired) electrons. The molecule has 0 fully saturated rings. The molecule has 0 atom stereocenters. The van der Waals surface area contributed by atoms with Crippen LogP contribution in [-0.4, -0.2) is 8.07 Å². The normalized spacial score (nSPS) is 10.9. The van der Waals surface area contributed by atoms with Gasteiger partial charge in [0.05, 0.1) is 8.07 Å². The fraction of sp³-hybridized carbons (Fsp3) is 0.556. The van der Waals surface area contributed by atoms with E-state index in [1.165, 1.54) is 31.7 Å². The van der Waals surface area contributed by atoms with Crippen LogP contribution >= 0.6 is 0 Å². The zero-order valence-corrected chi connectivity index (χ0v) is 13.8. The summed E-state index contributed by atoms with van der Waals surface area (Å²) in [6.45, 7) is 7.15. The van der Waals surface area contributed by atoms with Crippen molar-refractivity contribution >= 4 is 13.3 Å². The lowest BCUT2D eigenvalue weighted by Gasteiger charge is -2.21. The molecule has 0 saturated heterocycles. The summed E-state index contributed by atoms with van der Waals surface area (Å²) in [4.78, 5) is 0. The van der Waals surface area contributed by atoms with Crippen molar-refractivity contribution in [2.24, 2.45) is 0 Å². The van der Waals surface area contributed by atoms with Crippen LogP contribution < -0.4 is 5.19 Å². The maximum Gasteiger partial charge on any atom is 0.0815 e. The number of hydrogen-bond acceptors (Lipinski definition) is 0. The maximum absolute atomic E-state index is 3.37. The van der Waals surface area contributed by atoms with Gasteiger partial charge in [0.1, 0.15) is 0 Å². The van der Waals surface area contributed by atoms with E-state index >= 15 is 0 Å². The van der Waals surface area contributed by atoms with Crippen LogP contribution in [0, 0.1) is 11.8 Å². The minimum atomic E-state index is -1.26. The summed E-state index contributed by atoms with van der Waals surface area (Å²) in [5.74, 6) is 6.71. The fourth-order valence-electron chi connectivity index (χ4n) is 2.23. The molecule has 1 heteroatoms. The van der Waals surface area contributed by atoms with Gasteiger partial charge >= 0.3 is 0 Å². The molecule has 0 spiro atoms. The molecule has 0 aliphatic carbocycles. The predicted molar refractivity (Wildman–Crippen MR) is 89.5 cm³/mol. The van der Waals surface area contributed by atoms with E-state index in [0.717, 1.165) is 12.8 Å². The van der Waals surface area contributed by atoms with Gasteiger partial charge in [0.2, 0.25) is 0 Å². The van der Waals surface area contributed by atoms with E-state index in [1.807, 2.05) is 0 Å². The third-order valence-corrected chi connectivity index (χ3v) is 7.11. The second-order valence-corrected chi connectivity index (χ2v) is 10.8. The summed E-state index contributed by atoms with van der Waals surface area (Å²) in [6.07, 6.45) is 7.45. The van der Waals surface area contributed by atoms with E-state index < -0.39 is 8.07 Å². The number of unbranched alkanes of at least 4 members (excludes halogenated alkanes) is 4. The van der Waals surface area contributed by atoms with E-state index in [0.29, 0.717) is 0 Å². The maximum atomic E-state index is 3.37. The molecule has 0 aromatic heterocycles. The van der Waals surface area contributed by atoms with Gasteiger partial charge in [-0.05, 0) is 12.5 Å². The first-order valence-corrected chi connectivity index (χ1v) is 10.9. The van der Waals surface area contributed by atoms with E-state index in [2.05, 4.69) is 62.2 Å². The Morgan fingerprint density at radius 1 is 0.895 bits per heavy atom. The summed E-state index contributed by atoms with van der Waals surface area (Å²) in [6, 6.07) is 12.3. The molecule has 104 valence electrons. The summed E-state index contributed by atoms with van der Waals surface area (Å²) in [7, 11) is -1.26. The van der Waals surface area contributed by atoms with Crippen LogP contribution in [-0.2, 0) is 0 Å². The Hall–Kier alpha value is -1.00. The summed E-state index contributed by atoms with van der Waals surface area (Å²) >= 11 is 0. The number of benzene rings is 1. The van der Waals surface area contributed by atoms with Crippen LogP contribution in [0.15, 0.2) is 30.3 Å². The molecule has 0 heterocycles. The van der Waals surface area contributed by atoms with Gasteiger partial charge in [0.15, 0.2) is 0 Å². The van der Waals surface area contributed by atoms with Gasteiger partial charge in [0.25, 0.3) is 0 Å². The predicted octanol–water partition coefficient (Wildman–Crippen LogP) is 4.97. The molecule has 0 unspecified atom stereocenters. The number of rotatable bonds is 7. The molecule has 1 aromatic carbocycles. The van der Waals surface area contributed by atoms with Crippen molar-refractivity contribution in [1.29, 1.82) is 0 Å². The van der Waals surface area contributed by atoms with Gasteiger partial charge in [-0.15, -0.1) is 11.8 Å². The Morgan fingerprint density at radius 3 is 2.26 bits per heavy atom. The van der Waals surface area contributed by atoms with Crippen molar-refractivity contribution in [3.05, 3.63) is 30.3 Å². The van der Waals surface area contributed by atoms with E-state index in [9.17, 15) is 0 Å². The first-order valence-electron chi connectivity index (χ1n) is 7.68. The quantitative estimate of drug-likeness (QED) is 0.374. The highest BCUT2D eigenvalue weighted by Crippen LogP contribution is 2.12. The molecular formula is C18H28Si. The second kappa shape index (κ2) is 8.99. The van der Waals surface area contributed by atoms with Crippen LogP contribution in [0.2, 0.25) is 19.1 Å². The Bertz CT molecular complexity index is 395. The van der Waals surface area contributed by atoms with Gasteiger partial charge in [0, 0.05) is 12.8 Å². The SMILES string of the molecule is CCCCCCC#CCC[Si](C)(C)c1ccccc1. The van der Waals surface area contributed by atoms with Gasteiger partial charge < -0.3 is 0 Å². The van der Waals surface area contributed by atoms with Crippen molar-refractivity contribution in [3.63, 3.8) is 0 Å². The second-order valence-electron chi connectivity index (χ2n) is 5.91. The van der Waals surface area contributed by atoms with Gasteiger partial charge in [-0.1, -0.05) is 74.8 Å². The van der Waals surface area contributed by atoms with Crippen molar-refractivity contribution in [2.45, 2.75) is 64.6 Å². The molecule has 19 heavy (non-hydrogen) atoms. The van der Waals surface area contributed by atoms with Crippen molar-refractivity contribution in [1.82, 2.24) is 0 Å². The van der Waals surface area contributed by atoms with Gasteiger partial charge in [-0.25, -0.2) is 0 Å². The zero-order chi connectivity index (χ0) is 14.0. The topological polar surface area (TPSA) is 0 Å². The van der Waals surface area contributed by atoms with Gasteiger partial charge in [-0.2, -0.15) is 0 Å². The number of hydrogen-bond donors (Lipinski definition) is 0. The smallest absolute Gasteiger partial charge is 0.0815 e. The lowest BCUT2D eigenvalue weighted by molar-refractivity contribution is 0.679. The monoisotopic (exact) mass is 272 g/mol. The van der Waals surface area contributed by atoms with Crippen LogP contribution in [0.3, 0.4) is 0 Å². The van der Waals surface area contributed by atoms with Crippen LogP contribution in [0.4, 0.5) is 0 Å². The van der Waals surface area contributed by atoms with Crippen molar-refractivity contribution in [2.75, 3.05) is 0 Å². The highest BCUT2D eigenvalue weighted by molar-refractivity contribution is 6.89. The molecule has 0 N–H and O–H groups in total. The minimum Gasteiger partial charge on any atom is -0.104 e. The van der Waals surface area contributed by atoms with E-state index in [1.54, 1.807) is 5.19 Å². The molecule has 0 bridgehead atoms. The van der Waals surface area contributed by atoms with E-state index in [-0.39, 0.29) is 0 Å². The Balaban J connectivity index is 2.27. The standard InChI is InChI=1S/C18H28Si/c1-4-5-6-7-8-9-10-14-17-19(2,3)18-15-12-11-13-16-18/h11-13,15-16H,4-8,14,17H2,1-3H3. The molecular weight excluding hydrogens is 244 g/mol. The lowest BCUT2D eigenvalue weighted by atomic mass is 10.1. The molecule has 0 amide bonds. The van der Waals surface area contributed by atoms with Gasteiger partial charge in [-0.3, -0.25) is 0 Å². The Kier molecular flexibility index (Phi) is 7.59. The van der Waals surface area contributed by atoms with E-state index in [4.69, 9.17) is 0 Å². The molecule has 0 saturated carbocycles. The minimum absolute atomic E-state index is 1.07. The third-order valence-electron chi connectivity index (χ3n) is 3.71. The van der Waals surface area contributed by atoms with Crippen LogP contribution in [0.1, 0.15) is 45.4 Å². The Morgan fingerprint density at radius 2 is 1.58 bits per heavy atom. The zero-order valence-electron chi connectivity index (χ0n) is 12.8. The van der Waals surface area contributed by atoms with Crippen LogP contribution in [0.5, 0.6) is 0 Å². The fourth-order valence-corrected chi connectivity index (χ4v) is 4.36. The third kappa shape index (κ3) is 6.64. The summed E-state index contributed by atoms with van der Waals surface area (Å²) < 4.78 is 0. The highest BCUT2D eigenvalue weighted by atomic mass is 28.3. The Labute approximate surface area is 120 Å². The average Bonchev–Trinajstić information content (AvgIpc) is 2.43. The first-order chi connectivity index (χ1) is 9.17. The highest BCUT2D eigenvalue weighted by Gasteiger charge is 2.21. The first kappa shape index (κ1) is 16.1. The largest absolute Gasteiger partial charge is 0.104 e. The molecule has 0 aliphatic rings.